The Kier molecular flexibility index (Phi) is 3.49. The van der Waals surface area contributed by atoms with E-state index in [1.54, 1.807) is 17.2 Å². The Balaban J connectivity index is 2.92. The van der Waals surface area contributed by atoms with Gasteiger partial charge in [-0.25, -0.2) is 4.98 Å². The molecule has 0 radical (unpaired) electrons. The Morgan fingerprint density at radius 3 is 2.73 bits per heavy atom. The highest BCUT2D eigenvalue weighted by Gasteiger charge is 2.09. The van der Waals surface area contributed by atoms with Gasteiger partial charge in [0, 0.05) is 24.5 Å². The quantitative estimate of drug-likeness (QED) is 0.744. The molecule has 82 valence electrons. The first-order valence-electron chi connectivity index (χ1n) is 4.80. The zero-order chi connectivity index (χ0) is 11.4. The van der Waals surface area contributed by atoms with E-state index in [1.165, 1.54) is 0 Å². The Bertz CT molecular complexity index is 364. The summed E-state index contributed by atoms with van der Waals surface area (Å²) in [5, 5.41) is 0. The highest BCUT2D eigenvalue weighted by Crippen LogP contribution is 2.16. The van der Waals surface area contributed by atoms with Crippen molar-refractivity contribution < 1.29 is 4.79 Å². The van der Waals surface area contributed by atoms with Crippen molar-refractivity contribution in [2.24, 2.45) is 5.73 Å². The number of hydrogen-bond donors (Lipinski definition) is 2. The van der Waals surface area contributed by atoms with Crippen molar-refractivity contribution in [2.75, 3.05) is 23.7 Å². The number of primary amides is 1. The lowest BCUT2D eigenvalue weighted by Gasteiger charge is -2.20. The standard InChI is InChI=1S/C10H16N4O/c1-3-14(6-9(12)15)10-4-8(11)7(2)5-13-10/h4-5H,3,6H2,1-2H3,(H2,11,13)(H2,12,15). The third-order valence-corrected chi connectivity index (χ3v) is 2.18. The molecular formula is C10H16N4O. The van der Waals surface area contributed by atoms with Gasteiger partial charge in [0.2, 0.25) is 5.91 Å². The Morgan fingerprint density at radius 1 is 1.60 bits per heavy atom. The summed E-state index contributed by atoms with van der Waals surface area (Å²) in [6, 6.07) is 1.75. The molecule has 0 saturated carbocycles. The predicted molar refractivity (Wildman–Crippen MR) is 60.5 cm³/mol. The third-order valence-electron chi connectivity index (χ3n) is 2.18. The number of pyridine rings is 1. The molecule has 1 heterocycles. The van der Waals surface area contributed by atoms with Crippen molar-refractivity contribution >= 4 is 17.4 Å². The van der Waals surface area contributed by atoms with E-state index in [0.29, 0.717) is 18.1 Å². The largest absolute Gasteiger partial charge is 0.398 e. The lowest BCUT2D eigenvalue weighted by atomic mass is 10.2. The number of rotatable bonds is 4. The van der Waals surface area contributed by atoms with E-state index in [2.05, 4.69) is 4.98 Å². The number of likely N-dealkylation sites (N-methyl/N-ethyl adjacent to an activating group) is 1. The van der Waals surface area contributed by atoms with Crippen LogP contribution in [0.3, 0.4) is 0 Å². The monoisotopic (exact) mass is 208 g/mol. The van der Waals surface area contributed by atoms with Gasteiger partial charge >= 0.3 is 0 Å². The molecule has 1 rings (SSSR count). The van der Waals surface area contributed by atoms with Gasteiger partial charge in [0.25, 0.3) is 0 Å². The van der Waals surface area contributed by atoms with E-state index >= 15 is 0 Å². The molecule has 0 fully saturated rings. The van der Waals surface area contributed by atoms with E-state index in [9.17, 15) is 4.79 Å². The van der Waals surface area contributed by atoms with E-state index in [0.717, 1.165) is 5.56 Å². The van der Waals surface area contributed by atoms with Gasteiger partial charge in [-0.2, -0.15) is 0 Å². The minimum absolute atomic E-state index is 0.159. The molecule has 0 atom stereocenters. The van der Waals surface area contributed by atoms with Crippen LogP contribution in [0.1, 0.15) is 12.5 Å². The van der Waals surface area contributed by atoms with Crippen LogP contribution in [0.2, 0.25) is 0 Å². The summed E-state index contributed by atoms with van der Waals surface area (Å²) in [6.45, 7) is 4.64. The van der Waals surface area contributed by atoms with Gasteiger partial charge in [-0.1, -0.05) is 0 Å². The molecule has 0 unspecified atom stereocenters. The van der Waals surface area contributed by atoms with Crippen LogP contribution in [0.15, 0.2) is 12.3 Å². The zero-order valence-electron chi connectivity index (χ0n) is 9.03. The molecule has 1 aromatic heterocycles. The van der Waals surface area contributed by atoms with Crippen molar-refractivity contribution in [2.45, 2.75) is 13.8 Å². The number of nitrogen functional groups attached to an aromatic ring is 1. The van der Waals surface area contributed by atoms with E-state index in [1.807, 2.05) is 13.8 Å². The summed E-state index contributed by atoms with van der Waals surface area (Å²) in [6.07, 6.45) is 1.69. The molecule has 15 heavy (non-hydrogen) atoms. The maximum absolute atomic E-state index is 10.8. The molecule has 4 N–H and O–H groups in total. The van der Waals surface area contributed by atoms with Gasteiger partial charge in [-0.3, -0.25) is 4.79 Å². The molecule has 0 saturated heterocycles. The number of nitrogens with zero attached hydrogens (tertiary/aromatic N) is 2. The van der Waals surface area contributed by atoms with Crippen molar-refractivity contribution in [1.82, 2.24) is 4.98 Å². The molecular weight excluding hydrogens is 192 g/mol. The zero-order valence-corrected chi connectivity index (χ0v) is 9.03. The Morgan fingerprint density at radius 2 is 2.27 bits per heavy atom. The molecule has 1 aromatic rings. The maximum Gasteiger partial charge on any atom is 0.236 e. The molecule has 1 amide bonds. The Labute approximate surface area is 89.1 Å². The lowest BCUT2D eigenvalue weighted by molar-refractivity contribution is -0.116. The number of amides is 1. The minimum atomic E-state index is -0.377. The second-order valence-electron chi connectivity index (χ2n) is 3.38. The fourth-order valence-electron chi connectivity index (χ4n) is 1.24. The smallest absolute Gasteiger partial charge is 0.236 e. The average molecular weight is 208 g/mol. The molecule has 0 aliphatic carbocycles. The van der Waals surface area contributed by atoms with Crippen LogP contribution in [0, 0.1) is 6.92 Å². The number of anilines is 2. The van der Waals surface area contributed by atoms with Crippen LogP contribution in [0.25, 0.3) is 0 Å². The van der Waals surface area contributed by atoms with Crippen LogP contribution in [-0.2, 0) is 4.79 Å². The summed E-state index contributed by atoms with van der Waals surface area (Å²) in [7, 11) is 0. The first-order chi connectivity index (χ1) is 7.04. The normalized spacial score (nSPS) is 10.0. The second kappa shape index (κ2) is 4.63. The predicted octanol–water partition coefficient (Wildman–Crippen LogP) is 0.284. The number of carbonyl (C=O) groups excluding carboxylic acids is 1. The Hall–Kier alpha value is -1.78. The SMILES string of the molecule is CCN(CC(N)=O)c1cc(N)c(C)cn1. The van der Waals surface area contributed by atoms with Gasteiger partial charge in [-0.15, -0.1) is 0 Å². The summed E-state index contributed by atoms with van der Waals surface area (Å²) < 4.78 is 0. The van der Waals surface area contributed by atoms with Crippen molar-refractivity contribution in [3.63, 3.8) is 0 Å². The van der Waals surface area contributed by atoms with E-state index < -0.39 is 0 Å². The molecule has 5 nitrogen and oxygen atoms in total. The van der Waals surface area contributed by atoms with E-state index in [-0.39, 0.29) is 12.5 Å². The van der Waals surface area contributed by atoms with E-state index in [4.69, 9.17) is 11.5 Å². The van der Waals surface area contributed by atoms with Crippen molar-refractivity contribution in [3.05, 3.63) is 17.8 Å². The van der Waals surface area contributed by atoms with Crippen molar-refractivity contribution in [3.8, 4) is 0 Å². The summed E-state index contributed by atoms with van der Waals surface area (Å²) in [4.78, 5) is 16.8. The van der Waals surface area contributed by atoms with Crippen molar-refractivity contribution in [1.29, 1.82) is 0 Å². The first-order valence-corrected chi connectivity index (χ1v) is 4.80. The fraction of sp³-hybridized carbons (Fsp3) is 0.400. The second-order valence-corrected chi connectivity index (χ2v) is 3.38. The number of aryl methyl sites for hydroxylation is 1. The third kappa shape index (κ3) is 2.83. The molecule has 0 aliphatic rings. The van der Waals surface area contributed by atoms with Gasteiger partial charge in [0.1, 0.15) is 5.82 Å². The van der Waals surface area contributed by atoms with Gasteiger partial charge in [0.15, 0.2) is 0 Å². The summed E-state index contributed by atoms with van der Waals surface area (Å²) in [5.41, 5.74) is 12.5. The van der Waals surface area contributed by atoms with Gasteiger partial charge in [0.05, 0.1) is 6.54 Å². The number of hydrogen-bond acceptors (Lipinski definition) is 4. The number of nitrogens with two attached hydrogens (primary N) is 2. The topological polar surface area (TPSA) is 85.2 Å². The first kappa shape index (κ1) is 11.3. The molecule has 0 aliphatic heterocycles. The fourth-order valence-corrected chi connectivity index (χ4v) is 1.24. The molecule has 0 bridgehead atoms. The summed E-state index contributed by atoms with van der Waals surface area (Å²) in [5.74, 6) is 0.303. The van der Waals surface area contributed by atoms with Gasteiger partial charge < -0.3 is 16.4 Å². The summed E-state index contributed by atoms with van der Waals surface area (Å²) >= 11 is 0. The van der Waals surface area contributed by atoms with Crippen LogP contribution in [0.4, 0.5) is 11.5 Å². The molecule has 0 spiro atoms. The minimum Gasteiger partial charge on any atom is -0.398 e. The van der Waals surface area contributed by atoms with Crippen LogP contribution in [-0.4, -0.2) is 24.0 Å². The highest BCUT2D eigenvalue weighted by molar-refractivity contribution is 5.79. The molecule has 5 heteroatoms. The van der Waals surface area contributed by atoms with Crippen LogP contribution >= 0.6 is 0 Å². The van der Waals surface area contributed by atoms with Crippen LogP contribution in [0.5, 0.6) is 0 Å². The molecule has 0 aromatic carbocycles. The van der Waals surface area contributed by atoms with Crippen LogP contribution < -0.4 is 16.4 Å². The lowest BCUT2D eigenvalue weighted by Crippen LogP contribution is -2.34. The number of aromatic nitrogens is 1. The van der Waals surface area contributed by atoms with Gasteiger partial charge in [-0.05, 0) is 19.4 Å². The average Bonchev–Trinajstić information content (AvgIpc) is 2.18. The highest BCUT2D eigenvalue weighted by atomic mass is 16.1. The number of carbonyl (C=O) groups is 1. The maximum atomic E-state index is 10.8.